The second kappa shape index (κ2) is 7.77. The van der Waals surface area contributed by atoms with Crippen LogP contribution >= 0.6 is 0 Å². The summed E-state index contributed by atoms with van der Waals surface area (Å²) in [6.45, 7) is 3.59. The molecule has 7 heteroatoms. The lowest BCUT2D eigenvalue weighted by molar-refractivity contribution is -0.147. The molecule has 0 aliphatic heterocycles. The second-order valence-electron chi connectivity index (χ2n) is 6.21. The van der Waals surface area contributed by atoms with Crippen molar-refractivity contribution in [1.82, 2.24) is 20.7 Å². The van der Waals surface area contributed by atoms with Crippen molar-refractivity contribution in [2.24, 2.45) is 0 Å². The van der Waals surface area contributed by atoms with E-state index < -0.39 is 6.04 Å². The molecular weight excluding hydrogens is 332 g/mol. The van der Waals surface area contributed by atoms with Gasteiger partial charge in [-0.2, -0.15) is 15.4 Å². The van der Waals surface area contributed by atoms with Crippen LogP contribution in [0.4, 0.5) is 0 Å². The molecule has 7 nitrogen and oxygen atoms in total. The number of nitrogens with zero attached hydrogens (tertiary/aromatic N) is 2. The predicted molar refractivity (Wildman–Crippen MR) is 96.4 cm³/mol. The lowest BCUT2D eigenvalue weighted by atomic mass is 10.0. The molecule has 3 rings (SSSR count). The van der Waals surface area contributed by atoms with Crippen LogP contribution in [0.15, 0.2) is 48.5 Å². The number of aromatic nitrogens is 3. The number of ether oxygens (including phenoxy) is 1. The highest BCUT2D eigenvalue weighted by atomic mass is 16.5. The maximum absolute atomic E-state index is 12.7. The monoisotopic (exact) mass is 352 g/mol. The van der Waals surface area contributed by atoms with E-state index in [4.69, 9.17) is 4.74 Å². The van der Waals surface area contributed by atoms with Gasteiger partial charge in [-0.25, -0.2) is 0 Å². The molecule has 0 spiro atoms. The third-order valence-electron chi connectivity index (χ3n) is 3.82. The predicted octanol–water partition coefficient (Wildman–Crippen LogP) is 2.77. The van der Waals surface area contributed by atoms with E-state index >= 15 is 0 Å². The highest BCUT2D eigenvalue weighted by Crippen LogP contribution is 2.19. The zero-order valence-corrected chi connectivity index (χ0v) is 14.6. The van der Waals surface area contributed by atoms with Crippen molar-refractivity contribution in [1.29, 1.82) is 0 Å². The largest absolute Gasteiger partial charge is 0.463 e. The molecule has 0 saturated heterocycles. The summed E-state index contributed by atoms with van der Waals surface area (Å²) in [6, 6.07) is 13.9. The van der Waals surface area contributed by atoms with Crippen LogP contribution in [-0.4, -0.2) is 33.4 Å². The van der Waals surface area contributed by atoms with Crippen LogP contribution in [-0.2, 0) is 9.53 Å². The molecule has 134 valence electrons. The molecule has 1 amide bonds. The molecule has 26 heavy (non-hydrogen) atoms. The molecule has 2 aromatic carbocycles. The van der Waals surface area contributed by atoms with Crippen molar-refractivity contribution in [2.45, 2.75) is 32.4 Å². The Kier molecular flexibility index (Phi) is 5.26. The van der Waals surface area contributed by atoms with Gasteiger partial charge in [0.05, 0.1) is 18.6 Å². The third-order valence-corrected chi connectivity index (χ3v) is 3.82. The van der Waals surface area contributed by atoms with Gasteiger partial charge < -0.3 is 10.1 Å². The summed E-state index contributed by atoms with van der Waals surface area (Å²) < 4.78 is 5.22. The number of carbonyl (C=O) groups is 2. The summed E-state index contributed by atoms with van der Waals surface area (Å²) in [4.78, 5) is 24.8. The van der Waals surface area contributed by atoms with E-state index in [-0.39, 0.29) is 24.4 Å². The Morgan fingerprint density at radius 3 is 2.54 bits per heavy atom. The highest BCUT2D eigenvalue weighted by molar-refractivity contribution is 5.97. The molecule has 0 fully saturated rings. The van der Waals surface area contributed by atoms with Crippen LogP contribution in [0.1, 0.15) is 42.2 Å². The van der Waals surface area contributed by atoms with Gasteiger partial charge >= 0.3 is 5.97 Å². The lowest BCUT2D eigenvalue weighted by Crippen LogP contribution is -2.31. The van der Waals surface area contributed by atoms with Gasteiger partial charge in [0, 0.05) is 5.56 Å². The maximum atomic E-state index is 12.7. The molecule has 1 heterocycles. The Balaban J connectivity index is 1.79. The van der Waals surface area contributed by atoms with Gasteiger partial charge in [-0.15, -0.1) is 0 Å². The summed E-state index contributed by atoms with van der Waals surface area (Å²) in [5, 5.41) is 13.4. The van der Waals surface area contributed by atoms with Crippen molar-refractivity contribution in [3.8, 4) is 0 Å². The summed E-state index contributed by atoms with van der Waals surface area (Å²) >= 11 is 0. The minimum atomic E-state index is -0.483. The van der Waals surface area contributed by atoms with Gasteiger partial charge in [0.1, 0.15) is 11.0 Å². The molecule has 1 atom stereocenters. The fraction of sp³-hybridized carbons (Fsp3) is 0.263. The molecule has 3 aromatic rings. The first-order chi connectivity index (χ1) is 12.5. The van der Waals surface area contributed by atoms with Crippen molar-refractivity contribution >= 4 is 22.9 Å². The molecule has 0 bridgehead atoms. The van der Waals surface area contributed by atoms with Gasteiger partial charge in [-0.05, 0) is 37.6 Å². The fourth-order valence-electron chi connectivity index (χ4n) is 2.64. The molecule has 0 radical (unpaired) electrons. The normalized spacial score (nSPS) is 12.1. The van der Waals surface area contributed by atoms with Crippen molar-refractivity contribution in [3.05, 3.63) is 59.7 Å². The Hall–Kier alpha value is -3.22. The van der Waals surface area contributed by atoms with E-state index in [1.54, 1.807) is 32.0 Å². The maximum Gasteiger partial charge on any atom is 0.308 e. The minimum absolute atomic E-state index is 0.0557. The number of benzene rings is 2. The zero-order valence-electron chi connectivity index (χ0n) is 14.6. The second-order valence-corrected chi connectivity index (χ2v) is 6.21. The number of carbonyl (C=O) groups excluding carboxylic acids is 2. The number of fused-ring (bicyclic) bond motifs is 1. The van der Waals surface area contributed by atoms with Crippen LogP contribution in [0, 0.1) is 0 Å². The summed E-state index contributed by atoms with van der Waals surface area (Å²) in [7, 11) is 0. The SMILES string of the molecule is CC(C)OC(=O)CC(NC(=O)c1ccc2n[nH]nc2c1)c1ccccc1. The van der Waals surface area contributed by atoms with E-state index in [9.17, 15) is 9.59 Å². The lowest BCUT2D eigenvalue weighted by Gasteiger charge is -2.19. The van der Waals surface area contributed by atoms with Crippen molar-refractivity contribution < 1.29 is 14.3 Å². The molecule has 0 aliphatic carbocycles. The van der Waals surface area contributed by atoms with Crippen molar-refractivity contribution in [3.63, 3.8) is 0 Å². The highest BCUT2D eigenvalue weighted by Gasteiger charge is 2.21. The van der Waals surface area contributed by atoms with E-state index in [0.29, 0.717) is 16.6 Å². The Morgan fingerprint density at radius 1 is 1.08 bits per heavy atom. The first kappa shape index (κ1) is 17.6. The zero-order chi connectivity index (χ0) is 18.5. The Bertz CT molecular complexity index is 905. The fourth-order valence-corrected chi connectivity index (χ4v) is 2.64. The molecule has 0 aliphatic rings. The van der Waals surface area contributed by atoms with E-state index in [1.165, 1.54) is 0 Å². The van der Waals surface area contributed by atoms with E-state index in [2.05, 4.69) is 20.7 Å². The van der Waals surface area contributed by atoms with Gasteiger partial charge in [0.25, 0.3) is 5.91 Å². The first-order valence-electron chi connectivity index (χ1n) is 8.39. The van der Waals surface area contributed by atoms with Gasteiger partial charge in [0.2, 0.25) is 0 Å². The van der Waals surface area contributed by atoms with E-state index in [1.807, 2.05) is 30.3 Å². The summed E-state index contributed by atoms with van der Waals surface area (Å²) in [6.07, 6.45) is -0.149. The average molecular weight is 352 g/mol. The third kappa shape index (κ3) is 4.24. The Labute approximate surface area is 150 Å². The quantitative estimate of drug-likeness (QED) is 0.665. The van der Waals surface area contributed by atoms with Gasteiger partial charge in [-0.1, -0.05) is 30.3 Å². The van der Waals surface area contributed by atoms with Crippen LogP contribution < -0.4 is 5.32 Å². The van der Waals surface area contributed by atoms with E-state index in [0.717, 1.165) is 5.56 Å². The van der Waals surface area contributed by atoms with Crippen LogP contribution in [0.5, 0.6) is 0 Å². The van der Waals surface area contributed by atoms with Crippen molar-refractivity contribution in [2.75, 3.05) is 0 Å². The molecule has 1 aromatic heterocycles. The summed E-state index contributed by atoms with van der Waals surface area (Å²) in [5.74, 6) is -0.651. The Morgan fingerprint density at radius 2 is 1.81 bits per heavy atom. The number of aromatic amines is 1. The standard InChI is InChI=1S/C19H20N4O3/c1-12(2)26-18(24)11-16(13-6-4-3-5-7-13)20-19(25)14-8-9-15-17(10-14)22-23-21-15/h3-10,12,16H,11H2,1-2H3,(H,20,25)(H,21,22,23). The molecular formula is C19H20N4O3. The number of amides is 1. The van der Waals surface area contributed by atoms with Gasteiger partial charge in [0.15, 0.2) is 0 Å². The number of hydrogen-bond donors (Lipinski definition) is 2. The topological polar surface area (TPSA) is 97.0 Å². The molecule has 1 unspecified atom stereocenters. The number of esters is 1. The van der Waals surface area contributed by atoms with Crippen LogP contribution in [0.25, 0.3) is 11.0 Å². The molecule has 2 N–H and O–H groups in total. The number of hydrogen-bond acceptors (Lipinski definition) is 5. The van der Waals surface area contributed by atoms with Crippen LogP contribution in [0.2, 0.25) is 0 Å². The number of nitrogens with one attached hydrogen (secondary N) is 2. The van der Waals surface area contributed by atoms with Gasteiger partial charge in [-0.3, -0.25) is 9.59 Å². The smallest absolute Gasteiger partial charge is 0.308 e. The first-order valence-corrected chi connectivity index (χ1v) is 8.39. The average Bonchev–Trinajstić information content (AvgIpc) is 3.08. The molecule has 0 saturated carbocycles. The summed E-state index contributed by atoms with van der Waals surface area (Å²) in [5.41, 5.74) is 2.57. The number of H-pyrrole nitrogens is 1. The number of rotatable bonds is 6. The minimum Gasteiger partial charge on any atom is -0.463 e. The van der Waals surface area contributed by atoms with Crippen LogP contribution in [0.3, 0.4) is 0 Å².